The van der Waals surface area contributed by atoms with Gasteiger partial charge < -0.3 is 14.8 Å². The lowest BCUT2D eigenvalue weighted by molar-refractivity contribution is 0.0320. The van der Waals surface area contributed by atoms with Crippen LogP contribution in [0.15, 0.2) is 23.2 Å². The van der Waals surface area contributed by atoms with Crippen molar-refractivity contribution in [2.75, 3.05) is 52.5 Å². The maximum atomic E-state index is 14.1. The molecule has 1 saturated heterocycles. The molecular formula is C16H22FN3O2. The minimum atomic E-state index is -0.338. The molecule has 0 atom stereocenters. The van der Waals surface area contributed by atoms with Crippen LogP contribution in [-0.4, -0.2) is 63.3 Å². The van der Waals surface area contributed by atoms with Gasteiger partial charge in [0.1, 0.15) is 12.4 Å². The van der Waals surface area contributed by atoms with Crippen LogP contribution in [0.5, 0.6) is 5.75 Å². The van der Waals surface area contributed by atoms with E-state index in [2.05, 4.69) is 15.2 Å². The molecule has 120 valence electrons. The van der Waals surface area contributed by atoms with E-state index >= 15 is 0 Å². The first-order valence-corrected chi connectivity index (χ1v) is 7.84. The zero-order valence-corrected chi connectivity index (χ0v) is 12.7. The third-order valence-corrected chi connectivity index (χ3v) is 3.87. The number of nitrogens with zero attached hydrogens (tertiary/aromatic N) is 2. The van der Waals surface area contributed by atoms with E-state index in [1.807, 2.05) is 6.07 Å². The van der Waals surface area contributed by atoms with E-state index in [1.165, 1.54) is 6.07 Å². The van der Waals surface area contributed by atoms with Crippen LogP contribution in [0.2, 0.25) is 0 Å². The summed E-state index contributed by atoms with van der Waals surface area (Å²) in [5, 5.41) is 3.19. The molecule has 3 rings (SSSR count). The summed E-state index contributed by atoms with van der Waals surface area (Å²) in [6.07, 6.45) is 1.02. The van der Waals surface area contributed by atoms with Gasteiger partial charge in [0.15, 0.2) is 11.6 Å². The molecule has 0 spiro atoms. The number of morpholine rings is 1. The van der Waals surface area contributed by atoms with Crippen molar-refractivity contribution in [3.8, 4) is 5.75 Å². The Bertz CT molecular complexity index is 530. The molecule has 0 aliphatic carbocycles. The fourth-order valence-corrected chi connectivity index (χ4v) is 2.60. The average Bonchev–Trinajstić information content (AvgIpc) is 2.58. The van der Waals surface area contributed by atoms with E-state index in [4.69, 9.17) is 9.47 Å². The highest BCUT2D eigenvalue weighted by Crippen LogP contribution is 2.19. The number of rotatable bonds is 5. The van der Waals surface area contributed by atoms with Gasteiger partial charge in [-0.25, -0.2) is 4.39 Å². The van der Waals surface area contributed by atoms with E-state index in [9.17, 15) is 4.39 Å². The molecule has 0 saturated carbocycles. The smallest absolute Gasteiger partial charge is 0.165 e. The fraction of sp³-hybridized carbons (Fsp3) is 0.562. The van der Waals surface area contributed by atoms with E-state index in [0.29, 0.717) is 12.4 Å². The van der Waals surface area contributed by atoms with Crippen molar-refractivity contribution in [2.24, 2.45) is 4.99 Å². The lowest BCUT2D eigenvalue weighted by Crippen LogP contribution is -2.38. The summed E-state index contributed by atoms with van der Waals surface area (Å²) in [5.41, 5.74) is 0.776. The largest absolute Gasteiger partial charge is 0.489 e. The molecule has 6 heteroatoms. The maximum Gasteiger partial charge on any atom is 0.165 e. The molecule has 2 aliphatic heterocycles. The van der Waals surface area contributed by atoms with Crippen LogP contribution in [0.4, 0.5) is 4.39 Å². The Morgan fingerprint density at radius 1 is 1.32 bits per heavy atom. The van der Waals surface area contributed by atoms with Crippen molar-refractivity contribution < 1.29 is 13.9 Å². The molecule has 1 N–H and O–H groups in total. The maximum absolute atomic E-state index is 14.1. The molecule has 2 heterocycles. The second-order valence-corrected chi connectivity index (χ2v) is 5.46. The normalized spacial score (nSPS) is 19.4. The highest BCUT2D eigenvalue weighted by molar-refractivity contribution is 5.99. The summed E-state index contributed by atoms with van der Waals surface area (Å²) < 4.78 is 25.0. The molecule has 1 aromatic rings. The summed E-state index contributed by atoms with van der Waals surface area (Å²) in [6, 6.07) is 5.02. The summed E-state index contributed by atoms with van der Waals surface area (Å²) in [5.74, 6) is 0.730. The Labute approximate surface area is 130 Å². The van der Waals surface area contributed by atoms with Crippen LogP contribution >= 0.6 is 0 Å². The Hall–Kier alpha value is -1.66. The van der Waals surface area contributed by atoms with Gasteiger partial charge in [0, 0.05) is 38.3 Å². The Balaban J connectivity index is 1.54. The third-order valence-electron chi connectivity index (χ3n) is 3.87. The lowest BCUT2D eigenvalue weighted by Gasteiger charge is -2.26. The number of halogens is 1. The monoisotopic (exact) mass is 307 g/mol. The molecule has 0 bridgehead atoms. The lowest BCUT2D eigenvalue weighted by atomic mass is 10.1. The molecule has 5 nitrogen and oxygen atoms in total. The van der Waals surface area contributed by atoms with Crippen molar-refractivity contribution >= 4 is 5.84 Å². The van der Waals surface area contributed by atoms with Gasteiger partial charge in [-0.15, -0.1) is 0 Å². The van der Waals surface area contributed by atoms with E-state index in [0.717, 1.165) is 63.8 Å². The summed E-state index contributed by atoms with van der Waals surface area (Å²) >= 11 is 0. The number of aliphatic imine (C=N–C) groups is 1. The molecular weight excluding hydrogens is 285 g/mol. The predicted molar refractivity (Wildman–Crippen MR) is 83.2 cm³/mol. The highest BCUT2D eigenvalue weighted by atomic mass is 19.1. The van der Waals surface area contributed by atoms with Gasteiger partial charge in [-0.1, -0.05) is 0 Å². The van der Waals surface area contributed by atoms with Gasteiger partial charge >= 0.3 is 0 Å². The average molecular weight is 307 g/mol. The van der Waals surface area contributed by atoms with Crippen LogP contribution in [0.25, 0.3) is 0 Å². The molecule has 1 aromatic carbocycles. The van der Waals surface area contributed by atoms with Crippen LogP contribution in [0.1, 0.15) is 12.0 Å². The number of ether oxygens (including phenoxy) is 2. The quantitative estimate of drug-likeness (QED) is 0.890. The molecule has 0 aromatic heterocycles. The van der Waals surface area contributed by atoms with Crippen LogP contribution in [0.3, 0.4) is 0 Å². The minimum Gasteiger partial charge on any atom is -0.489 e. The topological polar surface area (TPSA) is 46.1 Å². The van der Waals surface area contributed by atoms with Gasteiger partial charge in [-0.05, 0) is 24.6 Å². The second kappa shape index (κ2) is 7.56. The SMILES string of the molecule is Fc1cc(C2=NCCCN2)ccc1OCCN1CCOCC1. The fourth-order valence-electron chi connectivity index (χ4n) is 2.60. The van der Waals surface area contributed by atoms with E-state index in [1.54, 1.807) is 6.07 Å². The van der Waals surface area contributed by atoms with Gasteiger partial charge in [0.25, 0.3) is 0 Å². The first kappa shape index (κ1) is 15.2. The zero-order chi connectivity index (χ0) is 15.2. The number of nitrogens with one attached hydrogen (secondary N) is 1. The van der Waals surface area contributed by atoms with E-state index < -0.39 is 0 Å². The summed E-state index contributed by atoms with van der Waals surface area (Å²) in [6.45, 7) is 6.30. The Morgan fingerprint density at radius 2 is 2.18 bits per heavy atom. The van der Waals surface area contributed by atoms with Crippen LogP contribution < -0.4 is 10.1 Å². The van der Waals surface area contributed by atoms with Gasteiger partial charge in [0.2, 0.25) is 0 Å². The number of hydrogen-bond donors (Lipinski definition) is 1. The Morgan fingerprint density at radius 3 is 2.91 bits per heavy atom. The molecule has 0 amide bonds. The van der Waals surface area contributed by atoms with Crippen molar-refractivity contribution in [2.45, 2.75) is 6.42 Å². The van der Waals surface area contributed by atoms with Crippen molar-refractivity contribution in [1.82, 2.24) is 10.2 Å². The first-order chi connectivity index (χ1) is 10.8. The number of hydrogen-bond acceptors (Lipinski definition) is 5. The molecule has 0 unspecified atom stereocenters. The third kappa shape index (κ3) is 3.96. The van der Waals surface area contributed by atoms with Gasteiger partial charge in [-0.3, -0.25) is 9.89 Å². The zero-order valence-electron chi connectivity index (χ0n) is 12.7. The number of benzene rings is 1. The van der Waals surface area contributed by atoms with Crippen molar-refractivity contribution in [1.29, 1.82) is 0 Å². The summed E-state index contributed by atoms with van der Waals surface area (Å²) in [4.78, 5) is 6.63. The molecule has 2 aliphatic rings. The molecule has 22 heavy (non-hydrogen) atoms. The second-order valence-electron chi connectivity index (χ2n) is 5.46. The predicted octanol–water partition coefficient (Wildman–Crippen LogP) is 1.28. The van der Waals surface area contributed by atoms with Crippen LogP contribution in [-0.2, 0) is 4.74 Å². The Kier molecular flexibility index (Phi) is 5.24. The van der Waals surface area contributed by atoms with Crippen LogP contribution in [0, 0.1) is 5.82 Å². The van der Waals surface area contributed by atoms with E-state index in [-0.39, 0.29) is 5.82 Å². The minimum absolute atomic E-state index is 0.299. The highest BCUT2D eigenvalue weighted by Gasteiger charge is 2.13. The first-order valence-electron chi connectivity index (χ1n) is 7.84. The summed E-state index contributed by atoms with van der Waals surface area (Å²) in [7, 11) is 0. The number of amidine groups is 1. The van der Waals surface area contributed by atoms with Gasteiger partial charge in [0.05, 0.1) is 13.2 Å². The molecule has 1 fully saturated rings. The van der Waals surface area contributed by atoms with Crippen molar-refractivity contribution in [3.05, 3.63) is 29.6 Å². The molecule has 0 radical (unpaired) electrons. The van der Waals surface area contributed by atoms with Gasteiger partial charge in [-0.2, -0.15) is 0 Å². The van der Waals surface area contributed by atoms with Crippen molar-refractivity contribution in [3.63, 3.8) is 0 Å². The standard InChI is InChI=1S/C16H22FN3O2/c17-14-12-13(16-18-4-1-5-19-16)2-3-15(14)22-11-8-20-6-9-21-10-7-20/h2-3,12H,1,4-11H2,(H,18,19).